The Hall–Kier alpha value is -5.92. The maximum Gasteiger partial charge on any atom is 0.164 e. The maximum absolute atomic E-state index is 9.78. The molecule has 0 N–H and O–H groups in total. The Morgan fingerprint density at radius 1 is 0.600 bits per heavy atom. The highest BCUT2D eigenvalue weighted by molar-refractivity contribution is 5.86. The maximum atomic E-state index is 9.78. The van der Waals surface area contributed by atoms with Crippen molar-refractivity contribution in [2.45, 2.75) is 49.9 Å². The average molecular weight is 645 g/mol. The standard InChI is InChI=1S/C46H36N4/c47-30-31-20-25-39-41(28-31)46(26-8-3-9-27-46)40-19-11-18-38(42(39)40)33-23-21-32(22-24-33)36-16-10-17-37(29-36)45-49-43(34-12-4-1-5-13-34)48-44(50-45)35-14-6-2-7-15-35/h1-2,4-7,10-23,25,28-29,33H,3,8-9,24,26-27H2. The molecule has 9 rings (SSSR count). The summed E-state index contributed by atoms with van der Waals surface area (Å²) < 4.78 is 0. The number of hydrogen-bond acceptors (Lipinski definition) is 4. The van der Waals surface area contributed by atoms with Gasteiger partial charge in [0.1, 0.15) is 0 Å². The van der Waals surface area contributed by atoms with E-state index in [0.717, 1.165) is 47.1 Å². The van der Waals surface area contributed by atoms with Crippen LogP contribution in [0.25, 0.3) is 50.9 Å². The fraction of sp³-hybridized carbons (Fsp3) is 0.174. The zero-order valence-corrected chi connectivity index (χ0v) is 27.9. The Morgan fingerprint density at radius 3 is 1.90 bits per heavy atom. The van der Waals surface area contributed by atoms with Gasteiger partial charge in [-0.15, -0.1) is 0 Å². The minimum atomic E-state index is 0.0292. The van der Waals surface area contributed by atoms with Crippen LogP contribution in [-0.2, 0) is 5.41 Å². The molecular formula is C46H36N4. The molecular weight excluding hydrogens is 609 g/mol. The van der Waals surface area contributed by atoms with Crippen molar-refractivity contribution in [1.82, 2.24) is 15.0 Å². The van der Waals surface area contributed by atoms with Gasteiger partial charge < -0.3 is 0 Å². The van der Waals surface area contributed by atoms with Gasteiger partial charge in [0.15, 0.2) is 17.5 Å². The van der Waals surface area contributed by atoms with E-state index in [2.05, 4.69) is 78.9 Å². The van der Waals surface area contributed by atoms with Gasteiger partial charge in [0.2, 0.25) is 0 Å². The Kier molecular flexibility index (Phi) is 7.55. The highest BCUT2D eigenvalue weighted by Gasteiger charge is 2.45. The molecule has 1 spiro atoms. The molecule has 0 aliphatic heterocycles. The molecule has 240 valence electrons. The van der Waals surface area contributed by atoms with Gasteiger partial charge >= 0.3 is 0 Å². The van der Waals surface area contributed by atoms with Gasteiger partial charge in [0.25, 0.3) is 0 Å². The molecule has 0 bridgehead atoms. The molecule has 0 radical (unpaired) electrons. The van der Waals surface area contributed by atoms with Crippen molar-refractivity contribution in [3.05, 3.63) is 167 Å². The largest absolute Gasteiger partial charge is 0.208 e. The zero-order chi connectivity index (χ0) is 33.5. The first kappa shape index (κ1) is 30.2. The number of fused-ring (bicyclic) bond motifs is 5. The molecule has 1 fully saturated rings. The van der Waals surface area contributed by atoms with Crippen molar-refractivity contribution in [2.75, 3.05) is 0 Å². The first-order valence-electron chi connectivity index (χ1n) is 17.7. The third kappa shape index (κ3) is 5.18. The molecule has 1 atom stereocenters. The van der Waals surface area contributed by atoms with Crippen LogP contribution >= 0.6 is 0 Å². The number of nitrogens with zero attached hydrogens (tertiary/aromatic N) is 4. The summed E-state index contributed by atoms with van der Waals surface area (Å²) in [6, 6.07) is 44.5. The van der Waals surface area contributed by atoms with Crippen LogP contribution < -0.4 is 0 Å². The van der Waals surface area contributed by atoms with Gasteiger partial charge in [-0.1, -0.05) is 141 Å². The predicted molar refractivity (Wildman–Crippen MR) is 201 cm³/mol. The van der Waals surface area contributed by atoms with Gasteiger partial charge in [-0.2, -0.15) is 5.26 Å². The van der Waals surface area contributed by atoms with E-state index in [1.54, 1.807) is 0 Å². The third-order valence-electron chi connectivity index (χ3n) is 10.9. The summed E-state index contributed by atoms with van der Waals surface area (Å²) >= 11 is 0. The van der Waals surface area contributed by atoms with Gasteiger partial charge in [-0.25, -0.2) is 15.0 Å². The molecule has 4 nitrogen and oxygen atoms in total. The highest BCUT2D eigenvalue weighted by atomic mass is 15.0. The van der Waals surface area contributed by atoms with Crippen LogP contribution in [0.15, 0.2) is 140 Å². The van der Waals surface area contributed by atoms with Crippen LogP contribution in [-0.4, -0.2) is 15.0 Å². The van der Waals surface area contributed by atoms with Crippen LogP contribution in [0.3, 0.4) is 0 Å². The highest BCUT2D eigenvalue weighted by Crippen LogP contribution is 2.58. The molecule has 1 saturated carbocycles. The summed E-state index contributed by atoms with van der Waals surface area (Å²) in [5.74, 6) is 2.27. The summed E-state index contributed by atoms with van der Waals surface area (Å²) in [7, 11) is 0. The molecule has 5 aromatic carbocycles. The first-order valence-corrected chi connectivity index (χ1v) is 17.7. The van der Waals surface area contributed by atoms with Crippen molar-refractivity contribution in [2.24, 2.45) is 0 Å². The van der Waals surface area contributed by atoms with Crippen LogP contribution in [0.4, 0.5) is 0 Å². The van der Waals surface area contributed by atoms with E-state index in [9.17, 15) is 5.26 Å². The summed E-state index contributed by atoms with van der Waals surface area (Å²) in [5, 5.41) is 9.78. The molecule has 3 aliphatic rings. The van der Waals surface area contributed by atoms with Crippen LogP contribution in [0.1, 0.15) is 72.3 Å². The normalized spacial score (nSPS) is 17.1. The SMILES string of the molecule is N#Cc1ccc2c(c1)C1(CCCCC1)c1cccc(C3C=CC(c4cccc(-c5nc(-c6ccccc6)nc(-c6ccccc6)n5)c4)=CC3)c1-2. The fourth-order valence-electron chi connectivity index (χ4n) is 8.49. The van der Waals surface area contributed by atoms with Crippen molar-refractivity contribution in [3.8, 4) is 51.4 Å². The van der Waals surface area contributed by atoms with E-state index in [-0.39, 0.29) is 11.3 Å². The molecule has 50 heavy (non-hydrogen) atoms. The van der Waals surface area contributed by atoms with Crippen LogP contribution in [0.5, 0.6) is 0 Å². The van der Waals surface area contributed by atoms with Gasteiger partial charge in [-0.05, 0) is 76.4 Å². The monoisotopic (exact) mass is 644 g/mol. The average Bonchev–Trinajstić information content (AvgIpc) is 3.46. The van der Waals surface area contributed by atoms with E-state index in [1.807, 2.05) is 66.7 Å². The second kappa shape index (κ2) is 12.5. The molecule has 6 aromatic rings. The zero-order valence-electron chi connectivity index (χ0n) is 27.9. The summed E-state index contributed by atoms with van der Waals surface area (Å²) in [5.41, 5.74) is 13.0. The van der Waals surface area contributed by atoms with Gasteiger partial charge in [0.05, 0.1) is 11.6 Å². The topological polar surface area (TPSA) is 62.5 Å². The first-order chi connectivity index (χ1) is 24.7. The molecule has 0 saturated heterocycles. The van der Waals surface area contributed by atoms with E-state index in [1.165, 1.54) is 52.7 Å². The van der Waals surface area contributed by atoms with E-state index >= 15 is 0 Å². The molecule has 1 unspecified atom stereocenters. The van der Waals surface area contributed by atoms with Crippen molar-refractivity contribution in [1.29, 1.82) is 5.26 Å². The molecule has 4 heteroatoms. The number of nitriles is 1. The predicted octanol–water partition coefficient (Wildman–Crippen LogP) is 11.1. The molecule has 1 aromatic heterocycles. The molecule has 0 amide bonds. The minimum absolute atomic E-state index is 0.0292. The van der Waals surface area contributed by atoms with Crippen molar-refractivity contribution >= 4 is 5.57 Å². The number of hydrogen-bond donors (Lipinski definition) is 0. The fourth-order valence-corrected chi connectivity index (χ4v) is 8.49. The summed E-state index contributed by atoms with van der Waals surface area (Å²) in [6.07, 6.45) is 14.1. The van der Waals surface area contributed by atoms with Crippen LogP contribution in [0, 0.1) is 11.3 Å². The lowest BCUT2D eigenvalue weighted by Crippen LogP contribution is -2.28. The van der Waals surface area contributed by atoms with Crippen molar-refractivity contribution < 1.29 is 0 Å². The van der Waals surface area contributed by atoms with Crippen molar-refractivity contribution in [3.63, 3.8) is 0 Å². The van der Waals surface area contributed by atoms with Gasteiger partial charge in [0, 0.05) is 28.0 Å². The van der Waals surface area contributed by atoms with E-state index in [4.69, 9.17) is 15.0 Å². The Labute approximate surface area is 293 Å². The summed E-state index contributed by atoms with van der Waals surface area (Å²) in [6.45, 7) is 0. The number of benzene rings is 5. The number of allylic oxidation sites excluding steroid dienone is 4. The smallest absolute Gasteiger partial charge is 0.164 e. The number of rotatable bonds is 5. The van der Waals surface area contributed by atoms with E-state index in [0.29, 0.717) is 17.5 Å². The second-order valence-electron chi connectivity index (χ2n) is 13.8. The minimum Gasteiger partial charge on any atom is -0.208 e. The number of aromatic nitrogens is 3. The van der Waals surface area contributed by atoms with Crippen LogP contribution in [0.2, 0.25) is 0 Å². The quantitative estimate of drug-likeness (QED) is 0.187. The lowest BCUT2D eigenvalue weighted by molar-refractivity contribution is 0.352. The Morgan fingerprint density at radius 2 is 1.24 bits per heavy atom. The molecule has 1 heterocycles. The lowest BCUT2D eigenvalue weighted by Gasteiger charge is -2.36. The Balaban J connectivity index is 1.05. The second-order valence-corrected chi connectivity index (χ2v) is 13.8. The molecule has 3 aliphatic carbocycles. The summed E-state index contributed by atoms with van der Waals surface area (Å²) in [4.78, 5) is 14.8. The lowest BCUT2D eigenvalue weighted by atomic mass is 9.67. The Bertz CT molecular complexity index is 2280. The third-order valence-corrected chi connectivity index (χ3v) is 10.9. The van der Waals surface area contributed by atoms with E-state index < -0.39 is 0 Å². The van der Waals surface area contributed by atoms with Gasteiger partial charge in [-0.3, -0.25) is 0 Å².